The summed E-state index contributed by atoms with van der Waals surface area (Å²) in [5.41, 5.74) is 5.23. The Labute approximate surface area is 188 Å². The van der Waals surface area contributed by atoms with Crippen LogP contribution in [0.5, 0.6) is 0 Å². The topological polar surface area (TPSA) is 54.2 Å². The Morgan fingerprint density at radius 3 is 2.58 bits per heavy atom. The molecule has 0 aliphatic rings. The second kappa shape index (κ2) is 11.2. The molecule has 0 aliphatic heterocycles. The molecule has 0 fully saturated rings. The first-order chi connectivity index (χ1) is 15.1. The van der Waals surface area contributed by atoms with E-state index in [0.717, 1.165) is 39.9 Å². The molecule has 2 N–H and O–H groups in total. The van der Waals surface area contributed by atoms with Crippen molar-refractivity contribution in [3.05, 3.63) is 95.8 Å². The van der Waals surface area contributed by atoms with Crippen LogP contribution in [0.2, 0.25) is 5.02 Å². The van der Waals surface area contributed by atoms with Crippen LogP contribution in [0.4, 0.5) is 5.82 Å². The van der Waals surface area contributed by atoms with Gasteiger partial charge in [0.2, 0.25) is 0 Å². The Morgan fingerprint density at radius 1 is 1.10 bits per heavy atom. The van der Waals surface area contributed by atoms with Gasteiger partial charge in [0.15, 0.2) is 5.65 Å². The molecule has 31 heavy (non-hydrogen) atoms. The number of anilines is 1. The van der Waals surface area contributed by atoms with Crippen LogP contribution in [-0.4, -0.2) is 21.1 Å². The number of imidazole rings is 1. The Bertz CT molecular complexity index is 1120. The molecule has 0 spiro atoms. The molecule has 0 atom stereocenters. The summed E-state index contributed by atoms with van der Waals surface area (Å²) in [6.45, 7) is 9.39. The van der Waals surface area contributed by atoms with Gasteiger partial charge in [-0.2, -0.15) is 0 Å². The van der Waals surface area contributed by atoms with Gasteiger partial charge >= 0.3 is 0 Å². The van der Waals surface area contributed by atoms with Crippen molar-refractivity contribution < 1.29 is 0 Å². The Morgan fingerprint density at radius 2 is 1.90 bits per heavy atom. The van der Waals surface area contributed by atoms with E-state index in [2.05, 4.69) is 65.4 Å². The average molecular weight is 434 g/mol. The zero-order valence-electron chi connectivity index (χ0n) is 18.0. The van der Waals surface area contributed by atoms with Crippen molar-refractivity contribution in [2.45, 2.75) is 26.8 Å². The quantitative estimate of drug-likeness (QED) is 0.346. The first kappa shape index (κ1) is 22.4. The maximum atomic E-state index is 6.03. The third kappa shape index (κ3) is 6.33. The molecule has 0 saturated heterocycles. The summed E-state index contributed by atoms with van der Waals surface area (Å²) in [6.07, 6.45) is 4.74. The van der Waals surface area contributed by atoms with Crippen LogP contribution < -0.4 is 10.6 Å². The normalized spacial score (nSPS) is 10.3. The van der Waals surface area contributed by atoms with Crippen molar-refractivity contribution in [3.63, 3.8) is 0 Å². The highest BCUT2D eigenvalue weighted by Crippen LogP contribution is 2.21. The molecule has 2 aromatic carbocycles. The summed E-state index contributed by atoms with van der Waals surface area (Å²) in [6, 6.07) is 20.1. The highest BCUT2D eigenvalue weighted by atomic mass is 35.5. The van der Waals surface area contributed by atoms with Crippen molar-refractivity contribution in [1.29, 1.82) is 0 Å². The summed E-state index contributed by atoms with van der Waals surface area (Å²) in [5, 5.41) is 11.7. The number of halogens is 1. The number of nitrogens with one attached hydrogen (secondary N) is 2. The van der Waals surface area contributed by atoms with Crippen molar-refractivity contribution in [2.24, 2.45) is 0 Å². The molecule has 5 nitrogen and oxygen atoms in total. The molecule has 0 saturated carbocycles. The fourth-order valence-corrected chi connectivity index (χ4v) is 3.19. The second-order valence-electron chi connectivity index (χ2n) is 7.14. The molecular weight excluding hydrogens is 406 g/mol. The number of nitrogens with zero attached hydrogens (tertiary/aromatic N) is 3. The van der Waals surface area contributed by atoms with Crippen LogP contribution in [0.15, 0.2) is 79.6 Å². The monoisotopic (exact) mass is 433 g/mol. The molecule has 4 aromatic rings. The van der Waals surface area contributed by atoms with Crippen molar-refractivity contribution in [2.75, 3.05) is 11.9 Å². The van der Waals surface area contributed by atoms with Crippen molar-refractivity contribution in [3.8, 4) is 11.3 Å². The fourth-order valence-electron chi connectivity index (χ4n) is 2.97. The molecule has 0 unspecified atom stereocenters. The van der Waals surface area contributed by atoms with E-state index in [1.165, 1.54) is 12.0 Å². The van der Waals surface area contributed by atoms with Gasteiger partial charge < -0.3 is 10.6 Å². The molecular formula is C25H28ClN5. The third-order valence-corrected chi connectivity index (χ3v) is 4.85. The lowest BCUT2D eigenvalue weighted by Crippen LogP contribution is -2.04. The molecule has 4 rings (SSSR count). The smallest absolute Gasteiger partial charge is 0.154 e. The first-order valence-electron chi connectivity index (χ1n) is 10.3. The molecule has 0 bridgehead atoms. The largest absolute Gasteiger partial charge is 0.391 e. The molecule has 0 amide bonds. The van der Waals surface area contributed by atoms with E-state index < -0.39 is 0 Å². The summed E-state index contributed by atoms with van der Waals surface area (Å²) in [4.78, 5) is 4.44. The zero-order chi connectivity index (χ0) is 22.1. The average Bonchev–Trinajstić information content (AvgIpc) is 3.20. The van der Waals surface area contributed by atoms with Crippen LogP contribution in [0.1, 0.15) is 24.5 Å². The van der Waals surface area contributed by atoms with Gasteiger partial charge in [0, 0.05) is 23.7 Å². The Kier molecular flexibility index (Phi) is 8.07. The number of aromatic nitrogens is 3. The van der Waals surface area contributed by atoms with Crippen LogP contribution in [-0.2, 0) is 6.54 Å². The molecule has 6 heteroatoms. The first-order valence-corrected chi connectivity index (χ1v) is 10.7. The van der Waals surface area contributed by atoms with Crippen molar-refractivity contribution in [1.82, 2.24) is 19.9 Å². The Hall–Kier alpha value is -3.31. The van der Waals surface area contributed by atoms with Gasteiger partial charge in [-0.3, -0.25) is 0 Å². The highest BCUT2D eigenvalue weighted by Gasteiger charge is 2.08. The lowest BCUT2D eigenvalue weighted by atomic mass is 10.1. The van der Waals surface area contributed by atoms with Crippen LogP contribution in [0.25, 0.3) is 16.9 Å². The predicted octanol–water partition coefficient (Wildman–Crippen LogP) is 6.10. The van der Waals surface area contributed by atoms with Gasteiger partial charge in [-0.15, -0.1) is 5.10 Å². The van der Waals surface area contributed by atoms with Gasteiger partial charge in [0.05, 0.1) is 11.9 Å². The minimum Gasteiger partial charge on any atom is -0.391 e. The maximum absolute atomic E-state index is 6.03. The van der Waals surface area contributed by atoms with E-state index in [9.17, 15) is 0 Å². The predicted molar refractivity (Wildman–Crippen MR) is 130 cm³/mol. The number of fused-ring (bicyclic) bond motifs is 1. The number of hydrogen-bond donors (Lipinski definition) is 2. The van der Waals surface area contributed by atoms with E-state index in [-0.39, 0.29) is 0 Å². The minimum atomic E-state index is 0.660. The summed E-state index contributed by atoms with van der Waals surface area (Å²) in [5.74, 6) is 0.791. The third-order valence-electron chi connectivity index (χ3n) is 4.61. The number of hydrogen-bond acceptors (Lipinski definition) is 4. The highest BCUT2D eigenvalue weighted by molar-refractivity contribution is 6.30. The summed E-state index contributed by atoms with van der Waals surface area (Å²) >= 11 is 6.03. The zero-order valence-corrected chi connectivity index (χ0v) is 18.7. The standard InChI is InChI=1S/C20H17ClN4.C5H11N/c1-14-5-7-16(8-6-14)18-13-23-20-10-9-19(24-25(18)20)22-12-15-3-2-4-17(21)11-15;1-3-5-6-4-2/h2-11,13H,12H2,1H3,(H,22,24);4,6H,2-3,5H2,1H3. The van der Waals surface area contributed by atoms with Gasteiger partial charge in [0.1, 0.15) is 5.82 Å². The van der Waals surface area contributed by atoms with Crippen LogP contribution >= 0.6 is 11.6 Å². The van der Waals surface area contributed by atoms with E-state index in [1.54, 1.807) is 6.20 Å². The number of benzene rings is 2. The summed E-state index contributed by atoms with van der Waals surface area (Å²) < 4.78 is 1.87. The van der Waals surface area contributed by atoms with Gasteiger partial charge in [0.25, 0.3) is 0 Å². The van der Waals surface area contributed by atoms with E-state index in [0.29, 0.717) is 6.54 Å². The SMILES string of the molecule is C=CNCCC.Cc1ccc(-c2cnc3ccc(NCc4cccc(Cl)c4)nn23)cc1. The second-order valence-corrected chi connectivity index (χ2v) is 7.58. The van der Waals surface area contributed by atoms with Gasteiger partial charge in [-0.25, -0.2) is 9.50 Å². The fraction of sp³-hybridized carbons (Fsp3) is 0.200. The molecule has 2 heterocycles. The lowest BCUT2D eigenvalue weighted by Gasteiger charge is -2.08. The molecule has 0 radical (unpaired) electrons. The number of rotatable bonds is 7. The molecule has 160 valence electrons. The van der Waals surface area contributed by atoms with Crippen LogP contribution in [0, 0.1) is 6.92 Å². The van der Waals surface area contributed by atoms with E-state index in [4.69, 9.17) is 11.6 Å². The van der Waals surface area contributed by atoms with Gasteiger partial charge in [-0.1, -0.05) is 67.1 Å². The minimum absolute atomic E-state index is 0.660. The molecule has 2 aromatic heterocycles. The summed E-state index contributed by atoms with van der Waals surface area (Å²) in [7, 11) is 0. The van der Waals surface area contributed by atoms with Gasteiger partial charge in [-0.05, 0) is 49.4 Å². The van der Waals surface area contributed by atoms with E-state index >= 15 is 0 Å². The van der Waals surface area contributed by atoms with E-state index in [1.807, 2.05) is 47.1 Å². The van der Waals surface area contributed by atoms with Crippen molar-refractivity contribution >= 4 is 23.1 Å². The van der Waals surface area contributed by atoms with Crippen LogP contribution in [0.3, 0.4) is 0 Å². The lowest BCUT2D eigenvalue weighted by molar-refractivity contribution is 0.811. The number of aryl methyl sites for hydroxylation is 1. The maximum Gasteiger partial charge on any atom is 0.154 e. The molecule has 0 aliphatic carbocycles. The Balaban J connectivity index is 0.000000401.